The monoisotopic (exact) mass is 298 g/mol. The summed E-state index contributed by atoms with van der Waals surface area (Å²) in [4.78, 5) is 13.5. The Kier molecular flexibility index (Phi) is 3.88. The molecular weight excluding hydrogens is 280 g/mol. The summed E-state index contributed by atoms with van der Waals surface area (Å²) in [5.74, 6) is 0.136. The fraction of sp³-hybridized carbons (Fsp3) is 0.294. The zero-order valence-electron chi connectivity index (χ0n) is 12.2. The minimum Gasteiger partial charge on any atom is -0.294 e. The van der Waals surface area contributed by atoms with Crippen LogP contribution in [0.1, 0.15) is 46.4 Å². The maximum atomic E-state index is 11.5. The number of hydrazone groups is 1. The molecule has 0 fully saturated rings. The first-order valence-electron chi connectivity index (χ1n) is 7.09. The van der Waals surface area contributed by atoms with Gasteiger partial charge in [-0.15, -0.1) is 11.3 Å². The van der Waals surface area contributed by atoms with Crippen molar-refractivity contribution in [2.75, 3.05) is 0 Å². The van der Waals surface area contributed by atoms with Gasteiger partial charge in [-0.3, -0.25) is 9.80 Å². The highest BCUT2D eigenvalue weighted by molar-refractivity contribution is 7.14. The molecule has 1 unspecified atom stereocenters. The number of carbonyl (C=O) groups excluding carboxylic acids is 1. The van der Waals surface area contributed by atoms with Crippen molar-refractivity contribution in [2.24, 2.45) is 5.10 Å². The first-order valence-corrected chi connectivity index (χ1v) is 7.90. The smallest absolute Gasteiger partial charge is 0.169 e. The van der Waals surface area contributed by atoms with E-state index < -0.39 is 0 Å². The van der Waals surface area contributed by atoms with E-state index in [0.717, 1.165) is 23.6 Å². The topological polar surface area (TPSA) is 32.7 Å². The maximum absolute atomic E-state index is 11.5. The Labute approximate surface area is 128 Å². The molecule has 1 aromatic heterocycles. The fourth-order valence-corrected chi connectivity index (χ4v) is 3.61. The van der Waals surface area contributed by atoms with Crippen molar-refractivity contribution in [3.8, 4) is 0 Å². The molecule has 0 saturated carbocycles. The average molecular weight is 298 g/mol. The van der Waals surface area contributed by atoms with Crippen LogP contribution in [0.25, 0.3) is 0 Å². The third-order valence-corrected chi connectivity index (χ3v) is 4.92. The molecule has 4 heteroatoms. The highest BCUT2D eigenvalue weighted by Gasteiger charge is 2.27. The second kappa shape index (κ2) is 5.82. The number of benzene rings is 1. The van der Waals surface area contributed by atoms with Gasteiger partial charge in [0.05, 0.1) is 17.5 Å². The fourth-order valence-electron chi connectivity index (χ4n) is 2.60. The van der Waals surface area contributed by atoms with Crippen molar-refractivity contribution in [3.63, 3.8) is 0 Å². The van der Waals surface area contributed by atoms with Gasteiger partial charge in [0.2, 0.25) is 0 Å². The van der Waals surface area contributed by atoms with Crippen LogP contribution >= 0.6 is 11.3 Å². The van der Waals surface area contributed by atoms with Crippen molar-refractivity contribution < 1.29 is 4.79 Å². The van der Waals surface area contributed by atoms with E-state index in [1.165, 1.54) is 10.4 Å². The minimum absolute atomic E-state index is 0.136. The quantitative estimate of drug-likeness (QED) is 0.789. The lowest BCUT2D eigenvalue weighted by molar-refractivity contribution is 0.102. The van der Waals surface area contributed by atoms with Crippen molar-refractivity contribution in [1.82, 2.24) is 5.01 Å². The molecule has 3 rings (SSSR count). The molecular formula is C17H18N2OS. The summed E-state index contributed by atoms with van der Waals surface area (Å²) in [6.45, 7) is 4.49. The largest absolute Gasteiger partial charge is 0.294 e. The Morgan fingerprint density at radius 2 is 2.05 bits per heavy atom. The summed E-state index contributed by atoms with van der Waals surface area (Å²) < 4.78 is 0. The molecule has 1 aliphatic rings. The van der Waals surface area contributed by atoms with Gasteiger partial charge in [0.15, 0.2) is 5.78 Å². The Hall–Kier alpha value is -1.94. The van der Waals surface area contributed by atoms with Crippen molar-refractivity contribution in [2.45, 2.75) is 32.9 Å². The Morgan fingerprint density at radius 1 is 1.29 bits per heavy atom. The zero-order chi connectivity index (χ0) is 14.8. The van der Waals surface area contributed by atoms with Crippen LogP contribution in [0.2, 0.25) is 0 Å². The third kappa shape index (κ3) is 3.05. The van der Waals surface area contributed by atoms with E-state index >= 15 is 0 Å². The third-order valence-electron chi connectivity index (χ3n) is 3.64. The molecule has 0 bridgehead atoms. The second-order valence-corrected chi connectivity index (χ2v) is 6.51. The van der Waals surface area contributed by atoms with E-state index in [-0.39, 0.29) is 11.8 Å². The summed E-state index contributed by atoms with van der Waals surface area (Å²) in [5.41, 5.74) is 2.40. The second-order valence-electron chi connectivity index (χ2n) is 5.40. The number of carbonyl (C=O) groups is 1. The SMILES string of the molecule is CC(=O)c1ccc(C2CC(C)=NN2Cc2ccccc2)s1. The van der Waals surface area contributed by atoms with Crippen molar-refractivity contribution in [3.05, 3.63) is 57.8 Å². The molecule has 1 atom stereocenters. The van der Waals surface area contributed by atoms with Crippen LogP contribution in [0, 0.1) is 0 Å². The highest BCUT2D eigenvalue weighted by Crippen LogP contribution is 2.35. The van der Waals surface area contributed by atoms with Crippen molar-refractivity contribution >= 4 is 22.8 Å². The molecule has 2 heterocycles. The van der Waals surface area contributed by atoms with E-state index in [1.807, 2.05) is 12.1 Å². The standard InChI is InChI=1S/C17H18N2OS/c1-12-10-15(17-9-8-16(21-17)13(2)20)19(18-12)11-14-6-4-3-5-7-14/h3-9,15H,10-11H2,1-2H3. The van der Waals surface area contributed by atoms with Crippen LogP contribution in [0.3, 0.4) is 0 Å². The van der Waals surface area contributed by atoms with Crippen LogP contribution in [0.4, 0.5) is 0 Å². The Bertz CT molecular complexity index is 675. The van der Waals surface area contributed by atoms with Crippen LogP contribution in [-0.2, 0) is 6.54 Å². The van der Waals surface area contributed by atoms with Crippen LogP contribution in [-0.4, -0.2) is 16.5 Å². The van der Waals surface area contributed by atoms with Crippen LogP contribution < -0.4 is 0 Å². The van der Waals surface area contributed by atoms with Gasteiger partial charge in [0, 0.05) is 17.0 Å². The van der Waals surface area contributed by atoms with E-state index in [0.29, 0.717) is 0 Å². The molecule has 0 radical (unpaired) electrons. The predicted molar refractivity (Wildman–Crippen MR) is 86.8 cm³/mol. The van der Waals surface area contributed by atoms with Crippen LogP contribution in [0.5, 0.6) is 0 Å². The molecule has 0 amide bonds. The molecule has 1 aliphatic heterocycles. The van der Waals surface area contributed by atoms with E-state index in [9.17, 15) is 4.79 Å². The molecule has 0 N–H and O–H groups in total. The Balaban J connectivity index is 1.82. The van der Waals surface area contributed by atoms with Gasteiger partial charge in [-0.25, -0.2) is 0 Å². The summed E-state index contributed by atoms with van der Waals surface area (Å²) in [7, 11) is 0. The number of nitrogens with zero attached hydrogens (tertiary/aromatic N) is 2. The molecule has 108 valence electrons. The summed E-state index contributed by atoms with van der Waals surface area (Å²) in [6, 6.07) is 14.6. The Morgan fingerprint density at radius 3 is 2.71 bits per heavy atom. The lowest BCUT2D eigenvalue weighted by Crippen LogP contribution is -2.18. The lowest BCUT2D eigenvalue weighted by atomic mass is 10.1. The van der Waals surface area contributed by atoms with Gasteiger partial charge >= 0.3 is 0 Å². The number of thiophene rings is 1. The molecule has 0 saturated heterocycles. The summed E-state index contributed by atoms with van der Waals surface area (Å²) >= 11 is 1.59. The molecule has 3 nitrogen and oxygen atoms in total. The molecule has 0 spiro atoms. The van der Waals surface area contributed by atoms with Gasteiger partial charge in [-0.1, -0.05) is 30.3 Å². The van der Waals surface area contributed by atoms with E-state index in [1.54, 1.807) is 18.3 Å². The van der Waals surface area contributed by atoms with Gasteiger partial charge < -0.3 is 0 Å². The molecule has 1 aromatic carbocycles. The van der Waals surface area contributed by atoms with Gasteiger partial charge in [-0.2, -0.15) is 5.10 Å². The van der Waals surface area contributed by atoms with Gasteiger partial charge in [0.25, 0.3) is 0 Å². The van der Waals surface area contributed by atoms with Gasteiger partial charge in [-0.05, 0) is 31.5 Å². The summed E-state index contributed by atoms with van der Waals surface area (Å²) in [5, 5.41) is 6.81. The van der Waals surface area contributed by atoms with Gasteiger partial charge in [0.1, 0.15) is 0 Å². The lowest BCUT2D eigenvalue weighted by Gasteiger charge is -2.22. The number of ketones is 1. The maximum Gasteiger partial charge on any atom is 0.169 e. The number of rotatable bonds is 4. The van der Waals surface area contributed by atoms with E-state index in [4.69, 9.17) is 0 Å². The van der Waals surface area contributed by atoms with Crippen LogP contribution in [0.15, 0.2) is 47.6 Å². The zero-order valence-corrected chi connectivity index (χ0v) is 13.1. The van der Waals surface area contributed by atoms with Crippen molar-refractivity contribution in [1.29, 1.82) is 0 Å². The highest BCUT2D eigenvalue weighted by atomic mass is 32.1. The minimum atomic E-state index is 0.136. The number of hydrogen-bond donors (Lipinski definition) is 0. The average Bonchev–Trinajstić information content (AvgIpc) is 3.07. The molecule has 21 heavy (non-hydrogen) atoms. The number of hydrogen-bond acceptors (Lipinski definition) is 4. The van der Waals surface area contributed by atoms with E-state index in [2.05, 4.69) is 47.4 Å². The number of Topliss-reactive ketones (excluding diaryl/α,β-unsaturated/α-hetero) is 1. The summed E-state index contributed by atoms with van der Waals surface area (Å²) in [6.07, 6.45) is 0.935. The predicted octanol–water partition coefficient (Wildman–Crippen LogP) is 4.27. The normalized spacial score (nSPS) is 17.9. The molecule has 2 aromatic rings. The first kappa shape index (κ1) is 14.0. The first-order chi connectivity index (χ1) is 10.1. The molecule has 0 aliphatic carbocycles.